The van der Waals surface area contributed by atoms with Crippen molar-refractivity contribution in [3.8, 4) is 5.75 Å². The van der Waals surface area contributed by atoms with E-state index in [0.717, 1.165) is 5.75 Å². The van der Waals surface area contributed by atoms with Crippen molar-refractivity contribution < 1.29 is 4.74 Å². The Hall–Kier alpha value is -1.45. The molecule has 3 heteroatoms. The van der Waals surface area contributed by atoms with Crippen LogP contribution in [0.25, 0.3) is 0 Å². The van der Waals surface area contributed by atoms with Crippen LogP contribution in [0.4, 0.5) is 0 Å². The minimum atomic E-state index is 0.588. The summed E-state index contributed by atoms with van der Waals surface area (Å²) in [6.07, 6.45) is 0. The monoisotopic (exact) mass is 259 g/mol. The number of rotatable bonds is 4. The lowest BCUT2D eigenvalue weighted by atomic mass is 10.1. The third kappa shape index (κ3) is 3.06. The molecule has 0 heterocycles. The minimum absolute atomic E-state index is 0.588. The minimum Gasteiger partial charge on any atom is -0.497 e. The van der Waals surface area contributed by atoms with Crippen molar-refractivity contribution in [1.82, 2.24) is 0 Å². The largest absolute Gasteiger partial charge is 0.497 e. The molecule has 2 aromatic carbocycles. The molecule has 0 saturated carbocycles. The van der Waals surface area contributed by atoms with Crippen LogP contribution in [0.1, 0.15) is 11.1 Å². The molecule has 0 aliphatic heterocycles. The van der Waals surface area contributed by atoms with Crippen molar-refractivity contribution in [3.63, 3.8) is 0 Å². The molecule has 94 valence electrons. The van der Waals surface area contributed by atoms with E-state index in [-0.39, 0.29) is 0 Å². The van der Waals surface area contributed by atoms with E-state index in [1.54, 1.807) is 18.9 Å². The SMILES string of the molecule is COc1cccc(Sc2ccc(CN)cc2C)c1. The second kappa shape index (κ2) is 5.94. The zero-order valence-corrected chi connectivity index (χ0v) is 11.5. The second-order valence-electron chi connectivity index (χ2n) is 4.09. The first-order chi connectivity index (χ1) is 8.72. The first-order valence-corrected chi connectivity index (χ1v) is 6.66. The number of hydrogen-bond donors (Lipinski definition) is 1. The normalized spacial score (nSPS) is 10.4. The van der Waals surface area contributed by atoms with Gasteiger partial charge in [-0.25, -0.2) is 0 Å². The molecule has 0 amide bonds. The van der Waals surface area contributed by atoms with Crippen molar-refractivity contribution in [3.05, 3.63) is 53.6 Å². The summed E-state index contributed by atoms with van der Waals surface area (Å²) in [4.78, 5) is 2.43. The van der Waals surface area contributed by atoms with Crippen molar-refractivity contribution in [1.29, 1.82) is 0 Å². The number of nitrogens with two attached hydrogens (primary N) is 1. The lowest BCUT2D eigenvalue weighted by Crippen LogP contribution is -1.96. The zero-order valence-electron chi connectivity index (χ0n) is 10.6. The lowest BCUT2D eigenvalue weighted by Gasteiger charge is -2.08. The van der Waals surface area contributed by atoms with E-state index in [0.29, 0.717) is 6.54 Å². The first-order valence-electron chi connectivity index (χ1n) is 5.84. The molecule has 0 bridgehead atoms. The van der Waals surface area contributed by atoms with Gasteiger partial charge in [-0.15, -0.1) is 0 Å². The number of hydrogen-bond acceptors (Lipinski definition) is 3. The van der Waals surface area contributed by atoms with Gasteiger partial charge in [0.1, 0.15) is 5.75 Å². The van der Waals surface area contributed by atoms with Crippen LogP contribution in [0, 0.1) is 6.92 Å². The highest BCUT2D eigenvalue weighted by atomic mass is 32.2. The standard InChI is InChI=1S/C15H17NOS/c1-11-8-12(10-16)6-7-15(11)18-14-5-3-4-13(9-14)17-2/h3-9H,10,16H2,1-2H3. The van der Waals surface area contributed by atoms with Gasteiger partial charge in [-0.3, -0.25) is 0 Å². The van der Waals surface area contributed by atoms with Crippen LogP contribution in [-0.2, 0) is 6.54 Å². The fourth-order valence-electron chi connectivity index (χ4n) is 1.74. The third-order valence-electron chi connectivity index (χ3n) is 2.74. The summed E-state index contributed by atoms with van der Waals surface area (Å²) in [5.41, 5.74) is 8.06. The number of ether oxygens (including phenoxy) is 1. The van der Waals surface area contributed by atoms with Crippen LogP contribution in [0.2, 0.25) is 0 Å². The first kappa shape index (κ1) is 13.0. The Kier molecular flexibility index (Phi) is 4.28. The Balaban J connectivity index is 2.22. The van der Waals surface area contributed by atoms with Crippen LogP contribution in [0.15, 0.2) is 52.3 Å². The van der Waals surface area contributed by atoms with Gasteiger partial charge >= 0.3 is 0 Å². The fraction of sp³-hybridized carbons (Fsp3) is 0.200. The summed E-state index contributed by atoms with van der Waals surface area (Å²) in [6.45, 7) is 2.70. The van der Waals surface area contributed by atoms with Crippen molar-refractivity contribution in [2.45, 2.75) is 23.3 Å². The van der Waals surface area contributed by atoms with E-state index >= 15 is 0 Å². The molecule has 0 saturated heterocycles. The Morgan fingerprint density at radius 1 is 1.17 bits per heavy atom. The van der Waals surface area contributed by atoms with Gasteiger partial charge in [-0.1, -0.05) is 30.0 Å². The molecular formula is C15H17NOS. The van der Waals surface area contributed by atoms with Gasteiger partial charge in [0.15, 0.2) is 0 Å². The Labute approximate surface area is 112 Å². The van der Waals surface area contributed by atoms with Gasteiger partial charge < -0.3 is 10.5 Å². The number of methoxy groups -OCH3 is 1. The number of aryl methyl sites for hydroxylation is 1. The smallest absolute Gasteiger partial charge is 0.119 e. The van der Waals surface area contributed by atoms with E-state index in [1.165, 1.54) is 20.9 Å². The highest BCUT2D eigenvalue weighted by Crippen LogP contribution is 2.32. The maximum Gasteiger partial charge on any atom is 0.119 e. The molecule has 2 N–H and O–H groups in total. The maximum absolute atomic E-state index is 5.64. The van der Waals surface area contributed by atoms with E-state index in [9.17, 15) is 0 Å². The highest BCUT2D eigenvalue weighted by molar-refractivity contribution is 7.99. The maximum atomic E-state index is 5.64. The van der Waals surface area contributed by atoms with E-state index in [4.69, 9.17) is 10.5 Å². The number of benzene rings is 2. The van der Waals surface area contributed by atoms with Gasteiger partial charge in [0, 0.05) is 16.3 Å². The van der Waals surface area contributed by atoms with Crippen LogP contribution < -0.4 is 10.5 Å². The summed E-state index contributed by atoms with van der Waals surface area (Å²) in [5.74, 6) is 0.885. The van der Waals surface area contributed by atoms with Crippen LogP contribution in [-0.4, -0.2) is 7.11 Å². The summed E-state index contributed by atoms with van der Waals surface area (Å²) < 4.78 is 5.23. The Bertz CT molecular complexity index is 540. The Morgan fingerprint density at radius 3 is 2.67 bits per heavy atom. The van der Waals surface area contributed by atoms with Crippen molar-refractivity contribution >= 4 is 11.8 Å². The molecule has 0 atom stereocenters. The highest BCUT2D eigenvalue weighted by Gasteiger charge is 2.03. The van der Waals surface area contributed by atoms with Crippen LogP contribution >= 0.6 is 11.8 Å². The fourth-order valence-corrected chi connectivity index (χ4v) is 2.68. The second-order valence-corrected chi connectivity index (χ2v) is 5.20. The van der Waals surface area contributed by atoms with E-state index in [1.807, 2.05) is 18.2 Å². The summed E-state index contributed by atoms with van der Waals surface area (Å²) >= 11 is 1.74. The molecule has 2 nitrogen and oxygen atoms in total. The quantitative estimate of drug-likeness (QED) is 0.911. The predicted molar refractivity (Wildman–Crippen MR) is 76.2 cm³/mol. The van der Waals surface area contributed by atoms with Gasteiger partial charge in [-0.05, 0) is 42.3 Å². The van der Waals surface area contributed by atoms with Gasteiger partial charge in [0.2, 0.25) is 0 Å². The van der Waals surface area contributed by atoms with Crippen LogP contribution in [0.5, 0.6) is 5.75 Å². The summed E-state index contributed by atoms with van der Waals surface area (Å²) in [5, 5.41) is 0. The summed E-state index contributed by atoms with van der Waals surface area (Å²) in [7, 11) is 1.69. The molecule has 0 aromatic heterocycles. The molecule has 0 aliphatic rings. The van der Waals surface area contributed by atoms with E-state index in [2.05, 4.69) is 31.2 Å². The third-order valence-corrected chi connectivity index (χ3v) is 3.91. The molecule has 0 aliphatic carbocycles. The molecule has 0 unspecified atom stereocenters. The molecule has 0 radical (unpaired) electrons. The summed E-state index contributed by atoms with van der Waals surface area (Å²) in [6, 6.07) is 14.4. The molecule has 2 aromatic rings. The molecule has 0 fully saturated rings. The molecular weight excluding hydrogens is 242 g/mol. The lowest BCUT2D eigenvalue weighted by molar-refractivity contribution is 0.413. The zero-order chi connectivity index (χ0) is 13.0. The van der Waals surface area contributed by atoms with Gasteiger partial charge in [0.05, 0.1) is 7.11 Å². The van der Waals surface area contributed by atoms with Crippen molar-refractivity contribution in [2.24, 2.45) is 5.73 Å². The van der Waals surface area contributed by atoms with E-state index < -0.39 is 0 Å². The van der Waals surface area contributed by atoms with Crippen molar-refractivity contribution in [2.75, 3.05) is 7.11 Å². The predicted octanol–water partition coefficient (Wildman–Crippen LogP) is 3.61. The van der Waals surface area contributed by atoms with Crippen LogP contribution in [0.3, 0.4) is 0 Å². The molecule has 18 heavy (non-hydrogen) atoms. The topological polar surface area (TPSA) is 35.2 Å². The molecule has 0 spiro atoms. The van der Waals surface area contributed by atoms with Gasteiger partial charge in [-0.2, -0.15) is 0 Å². The van der Waals surface area contributed by atoms with Gasteiger partial charge in [0.25, 0.3) is 0 Å². The Morgan fingerprint density at radius 2 is 2.00 bits per heavy atom. The average molecular weight is 259 g/mol. The average Bonchev–Trinajstić information content (AvgIpc) is 2.41. The molecule has 2 rings (SSSR count).